The van der Waals surface area contributed by atoms with E-state index in [0.717, 1.165) is 0 Å². The fourth-order valence-electron chi connectivity index (χ4n) is 3.35. The normalized spacial score (nSPS) is 13.7. The van der Waals surface area contributed by atoms with Gasteiger partial charge in [-0.3, -0.25) is 0 Å². The summed E-state index contributed by atoms with van der Waals surface area (Å²) in [6.07, 6.45) is -10.8. The smallest absolute Gasteiger partial charge is 0.241 e. The van der Waals surface area contributed by atoms with E-state index in [2.05, 4.69) is 9.98 Å². The molecule has 32 heavy (non-hydrogen) atoms. The number of benzene rings is 4. The van der Waals surface area contributed by atoms with Crippen molar-refractivity contribution < 1.29 is 26.3 Å². The maximum atomic E-state index is 13.9. The minimum Gasteiger partial charge on any atom is -0.241 e. The Labute approximate surface area is 178 Å². The van der Waals surface area contributed by atoms with Crippen LogP contribution in [0, 0.1) is 0 Å². The molecule has 8 heteroatoms. The first kappa shape index (κ1) is 21.5. The summed E-state index contributed by atoms with van der Waals surface area (Å²) in [5.74, 6) is 0. The van der Waals surface area contributed by atoms with E-state index < -0.39 is 23.8 Å². The number of alkyl halides is 6. The predicted molar refractivity (Wildman–Crippen MR) is 114 cm³/mol. The van der Waals surface area contributed by atoms with E-state index in [1.54, 1.807) is 48.5 Å². The molecule has 0 bridgehead atoms. The molecule has 0 atom stereocenters. The van der Waals surface area contributed by atoms with E-state index in [1.165, 1.54) is 36.4 Å². The lowest BCUT2D eigenvalue weighted by Gasteiger charge is -2.17. The molecule has 4 aromatic rings. The highest BCUT2D eigenvalue weighted by Crippen LogP contribution is 2.34. The van der Waals surface area contributed by atoms with Crippen molar-refractivity contribution in [3.05, 3.63) is 84.9 Å². The van der Waals surface area contributed by atoms with Gasteiger partial charge >= 0.3 is 12.4 Å². The zero-order chi connectivity index (χ0) is 22.9. The van der Waals surface area contributed by atoms with E-state index in [0.29, 0.717) is 21.5 Å². The Balaban J connectivity index is 1.99. The van der Waals surface area contributed by atoms with Gasteiger partial charge in [-0.05, 0) is 22.9 Å². The first-order valence-corrected chi connectivity index (χ1v) is 9.42. The van der Waals surface area contributed by atoms with Crippen molar-refractivity contribution in [3.8, 4) is 0 Å². The number of aliphatic imine (C=N–C) groups is 2. The average Bonchev–Trinajstić information content (AvgIpc) is 2.75. The van der Waals surface area contributed by atoms with Crippen LogP contribution in [0.1, 0.15) is 0 Å². The van der Waals surface area contributed by atoms with Gasteiger partial charge in [0.1, 0.15) is 0 Å². The van der Waals surface area contributed by atoms with E-state index in [9.17, 15) is 26.3 Å². The van der Waals surface area contributed by atoms with Crippen LogP contribution in [0.15, 0.2) is 94.9 Å². The van der Waals surface area contributed by atoms with Gasteiger partial charge in [-0.1, -0.05) is 72.8 Å². The van der Waals surface area contributed by atoms with E-state index in [1.807, 2.05) is 0 Å². The largest absolute Gasteiger partial charge is 0.435 e. The molecule has 0 heterocycles. The maximum Gasteiger partial charge on any atom is 0.435 e. The van der Waals surface area contributed by atoms with Gasteiger partial charge in [-0.2, -0.15) is 26.3 Å². The molecule has 4 rings (SSSR count). The summed E-state index contributed by atoms with van der Waals surface area (Å²) in [6.45, 7) is 0. The number of hydrogen-bond donors (Lipinski definition) is 0. The molecule has 162 valence electrons. The van der Waals surface area contributed by atoms with Crippen molar-refractivity contribution >= 4 is 44.3 Å². The highest BCUT2D eigenvalue weighted by molar-refractivity contribution is 6.47. The number of fused-ring (bicyclic) bond motifs is 2. The number of rotatable bonds is 3. The Kier molecular flexibility index (Phi) is 5.46. The van der Waals surface area contributed by atoms with Crippen LogP contribution in [0.2, 0.25) is 0 Å². The second kappa shape index (κ2) is 8.11. The van der Waals surface area contributed by atoms with Gasteiger partial charge in [-0.25, -0.2) is 9.98 Å². The fraction of sp³-hybridized carbons (Fsp3) is 0.0833. The summed E-state index contributed by atoms with van der Waals surface area (Å²) in [5, 5.41) is 1.69. The van der Waals surface area contributed by atoms with Crippen molar-refractivity contribution in [2.75, 3.05) is 0 Å². The zero-order valence-corrected chi connectivity index (χ0v) is 16.2. The second-order valence-electron chi connectivity index (χ2n) is 6.91. The van der Waals surface area contributed by atoms with Gasteiger partial charge in [0.05, 0.1) is 11.4 Å². The van der Waals surface area contributed by atoms with Crippen LogP contribution in [0.25, 0.3) is 21.5 Å². The van der Waals surface area contributed by atoms with Crippen molar-refractivity contribution in [2.24, 2.45) is 9.98 Å². The van der Waals surface area contributed by atoms with Crippen LogP contribution < -0.4 is 0 Å². The highest BCUT2D eigenvalue weighted by Gasteiger charge is 2.50. The number of hydrogen-bond acceptors (Lipinski definition) is 2. The number of nitrogens with zero attached hydrogens (tertiary/aromatic N) is 2. The first-order chi connectivity index (χ1) is 15.1. The molecular formula is C24H14F6N2. The lowest BCUT2D eigenvalue weighted by atomic mass is 10.1. The SMILES string of the molecule is FC(F)(F)C(=Nc1cccc2ccccc12)C(=Nc1cccc2ccccc12)C(F)(F)F. The predicted octanol–water partition coefficient (Wildman–Crippen LogP) is 7.96. The van der Waals surface area contributed by atoms with Crippen molar-refractivity contribution in [1.82, 2.24) is 0 Å². The third kappa shape index (κ3) is 4.34. The van der Waals surface area contributed by atoms with Crippen LogP contribution in [0.3, 0.4) is 0 Å². The standard InChI is InChI=1S/C24H14F6N2/c25-23(26,27)21(31-19-13-5-9-15-7-1-3-11-17(15)19)22(24(28,29)30)32-20-14-6-10-16-8-2-4-12-18(16)20/h1-14H. The van der Waals surface area contributed by atoms with Gasteiger partial charge in [0.2, 0.25) is 0 Å². The molecule has 0 amide bonds. The Morgan fingerprint density at radius 3 is 1.19 bits per heavy atom. The molecule has 0 aliphatic heterocycles. The van der Waals surface area contributed by atoms with E-state index in [4.69, 9.17) is 0 Å². The summed E-state index contributed by atoms with van der Waals surface area (Å²) in [5.41, 5.74) is -4.67. The molecule has 0 saturated carbocycles. The molecule has 0 aliphatic rings. The molecule has 0 aliphatic carbocycles. The van der Waals surface area contributed by atoms with Gasteiger partial charge in [-0.15, -0.1) is 0 Å². The molecule has 0 spiro atoms. The summed E-state index contributed by atoms with van der Waals surface area (Å²) in [7, 11) is 0. The second-order valence-corrected chi connectivity index (χ2v) is 6.91. The van der Waals surface area contributed by atoms with Crippen LogP contribution in [-0.4, -0.2) is 23.8 Å². The zero-order valence-electron chi connectivity index (χ0n) is 16.2. The molecular weight excluding hydrogens is 430 g/mol. The molecule has 4 aromatic carbocycles. The third-order valence-corrected chi connectivity index (χ3v) is 4.76. The Bertz CT molecular complexity index is 1230. The van der Waals surface area contributed by atoms with Crippen LogP contribution in [0.5, 0.6) is 0 Å². The van der Waals surface area contributed by atoms with Crippen molar-refractivity contribution in [3.63, 3.8) is 0 Å². The van der Waals surface area contributed by atoms with Crippen LogP contribution in [0.4, 0.5) is 37.7 Å². The Hall–Kier alpha value is -3.68. The highest BCUT2D eigenvalue weighted by atomic mass is 19.4. The summed E-state index contributed by atoms with van der Waals surface area (Å²) in [4.78, 5) is 6.88. The molecule has 0 N–H and O–H groups in total. The summed E-state index contributed by atoms with van der Waals surface area (Å²) >= 11 is 0. The topological polar surface area (TPSA) is 24.7 Å². The molecule has 2 nitrogen and oxygen atoms in total. The minimum absolute atomic E-state index is 0.231. The van der Waals surface area contributed by atoms with Gasteiger partial charge < -0.3 is 0 Å². The molecule has 0 aromatic heterocycles. The van der Waals surface area contributed by atoms with Gasteiger partial charge in [0, 0.05) is 10.8 Å². The van der Waals surface area contributed by atoms with E-state index in [-0.39, 0.29) is 11.4 Å². The molecule has 0 saturated heterocycles. The third-order valence-electron chi connectivity index (χ3n) is 4.76. The molecule has 0 unspecified atom stereocenters. The lowest BCUT2D eigenvalue weighted by Crippen LogP contribution is -2.40. The first-order valence-electron chi connectivity index (χ1n) is 9.42. The number of halogens is 6. The quantitative estimate of drug-likeness (QED) is 0.226. The average molecular weight is 444 g/mol. The van der Waals surface area contributed by atoms with Crippen molar-refractivity contribution in [1.29, 1.82) is 0 Å². The molecule has 0 fully saturated rings. The maximum absolute atomic E-state index is 13.9. The van der Waals surface area contributed by atoms with Gasteiger partial charge in [0.15, 0.2) is 11.4 Å². The van der Waals surface area contributed by atoms with Crippen molar-refractivity contribution in [2.45, 2.75) is 12.4 Å². The fourth-order valence-corrected chi connectivity index (χ4v) is 3.35. The van der Waals surface area contributed by atoms with E-state index >= 15 is 0 Å². The Morgan fingerprint density at radius 1 is 0.469 bits per heavy atom. The monoisotopic (exact) mass is 444 g/mol. The lowest BCUT2D eigenvalue weighted by molar-refractivity contribution is -0.0708. The van der Waals surface area contributed by atoms with Crippen LogP contribution >= 0.6 is 0 Å². The minimum atomic E-state index is -5.39. The summed E-state index contributed by atoms with van der Waals surface area (Å²) in [6, 6.07) is 21.4. The van der Waals surface area contributed by atoms with Crippen LogP contribution in [-0.2, 0) is 0 Å². The molecule has 0 radical (unpaired) electrons. The summed E-state index contributed by atoms with van der Waals surface area (Å²) < 4.78 is 83.3. The Morgan fingerprint density at radius 2 is 0.812 bits per heavy atom. The van der Waals surface area contributed by atoms with Gasteiger partial charge in [0.25, 0.3) is 0 Å².